The summed E-state index contributed by atoms with van der Waals surface area (Å²) in [5, 5.41) is 0. The maximum atomic E-state index is 4.14. The highest BCUT2D eigenvalue weighted by molar-refractivity contribution is 5.32. The first kappa shape index (κ1) is 12.5. The van der Waals surface area contributed by atoms with Crippen LogP contribution < -0.4 is 0 Å². The third kappa shape index (κ3) is 3.38. The smallest absolute Gasteiger partial charge is 0.0135 e. The van der Waals surface area contributed by atoms with Crippen molar-refractivity contribution in [3.05, 3.63) is 24.3 Å². The number of rotatable bonds is 3. The summed E-state index contributed by atoms with van der Waals surface area (Å²) in [6.45, 7) is 21.5. The Morgan fingerprint density at radius 3 is 1.62 bits per heavy atom. The van der Waals surface area contributed by atoms with Gasteiger partial charge in [0.25, 0.3) is 0 Å². The zero-order valence-electron chi connectivity index (χ0n) is 10.1. The van der Waals surface area contributed by atoms with Crippen molar-refractivity contribution >= 4 is 0 Å². The molecule has 0 aromatic heterocycles. The van der Waals surface area contributed by atoms with Crippen molar-refractivity contribution in [2.45, 2.75) is 41.5 Å². The molecule has 0 heteroatoms. The molecule has 1 atom stereocenters. The molecule has 0 aromatic rings. The normalized spacial score (nSPS) is 14.4. The van der Waals surface area contributed by atoms with Gasteiger partial charge in [-0.3, -0.25) is 0 Å². The quantitative estimate of drug-likeness (QED) is 0.563. The summed E-state index contributed by atoms with van der Waals surface area (Å²) in [6.07, 6.45) is 0. The van der Waals surface area contributed by atoms with Crippen molar-refractivity contribution in [2.24, 2.45) is 17.3 Å². The number of allylic oxidation sites excluding steroid dienone is 2. The van der Waals surface area contributed by atoms with E-state index in [4.69, 9.17) is 0 Å². The van der Waals surface area contributed by atoms with Crippen molar-refractivity contribution < 1.29 is 0 Å². The van der Waals surface area contributed by atoms with E-state index in [1.54, 1.807) is 0 Å². The molecule has 0 nitrogen and oxygen atoms in total. The van der Waals surface area contributed by atoms with Crippen LogP contribution >= 0.6 is 0 Å². The van der Waals surface area contributed by atoms with Crippen molar-refractivity contribution in [3.63, 3.8) is 0 Å². The van der Waals surface area contributed by atoms with Gasteiger partial charge in [0.2, 0.25) is 0 Å². The lowest BCUT2D eigenvalue weighted by Gasteiger charge is -2.28. The van der Waals surface area contributed by atoms with Crippen LogP contribution in [0.2, 0.25) is 0 Å². The van der Waals surface area contributed by atoms with E-state index in [2.05, 4.69) is 54.7 Å². The molecule has 0 saturated heterocycles. The summed E-state index contributed by atoms with van der Waals surface area (Å²) in [6, 6.07) is 0. The molecule has 0 saturated carbocycles. The van der Waals surface area contributed by atoms with Gasteiger partial charge in [0.05, 0.1) is 0 Å². The zero-order valence-corrected chi connectivity index (χ0v) is 10.1. The molecular formula is C13H24. The van der Waals surface area contributed by atoms with Crippen LogP contribution in [0.5, 0.6) is 0 Å². The molecule has 0 N–H and O–H groups in total. The Morgan fingerprint density at radius 2 is 1.38 bits per heavy atom. The van der Waals surface area contributed by atoms with E-state index >= 15 is 0 Å². The lowest BCUT2D eigenvalue weighted by Crippen LogP contribution is -2.16. The molecule has 0 fully saturated rings. The molecule has 0 heterocycles. The van der Waals surface area contributed by atoms with E-state index < -0.39 is 0 Å². The minimum atomic E-state index is 0.153. The van der Waals surface area contributed by atoms with E-state index in [-0.39, 0.29) is 5.41 Å². The maximum absolute atomic E-state index is 4.14. The first-order chi connectivity index (χ1) is 5.68. The van der Waals surface area contributed by atoms with Gasteiger partial charge >= 0.3 is 0 Å². The average Bonchev–Trinajstić information content (AvgIpc) is 1.98. The Kier molecular flexibility index (Phi) is 3.96. The van der Waals surface area contributed by atoms with E-state index in [1.807, 2.05) is 0 Å². The van der Waals surface area contributed by atoms with Crippen molar-refractivity contribution in [2.75, 3.05) is 0 Å². The second kappa shape index (κ2) is 4.13. The summed E-state index contributed by atoms with van der Waals surface area (Å²) in [5.41, 5.74) is 2.55. The molecule has 13 heavy (non-hydrogen) atoms. The van der Waals surface area contributed by atoms with Gasteiger partial charge in [-0.25, -0.2) is 0 Å². The van der Waals surface area contributed by atoms with Gasteiger partial charge in [0.1, 0.15) is 0 Å². The maximum Gasteiger partial charge on any atom is -0.0135 e. The van der Waals surface area contributed by atoms with Crippen LogP contribution in [0.4, 0.5) is 0 Å². The van der Waals surface area contributed by atoms with Crippen molar-refractivity contribution in [1.82, 2.24) is 0 Å². The second-order valence-corrected chi connectivity index (χ2v) is 5.29. The SMILES string of the molecule is C=C(C(=C)C(C)(C)C)C(C)C(C)C. The molecule has 1 unspecified atom stereocenters. The third-order valence-electron chi connectivity index (χ3n) is 2.84. The van der Waals surface area contributed by atoms with Crippen LogP contribution in [0.25, 0.3) is 0 Å². The Bertz CT molecular complexity index is 201. The van der Waals surface area contributed by atoms with Gasteiger partial charge in [-0.1, -0.05) is 54.7 Å². The van der Waals surface area contributed by atoms with Crippen LogP contribution in [-0.4, -0.2) is 0 Å². The lowest BCUT2D eigenvalue weighted by molar-refractivity contribution is 0.446. The summed E-state index contributed by atoms with van der Waals surface area (Å²) in [5.74, 6) is 1.18. The topological polar surface area (TPSA) is 0 Å². The Labute approximate surface area is 83.7 Å². The van der Waals surface area contributed by atoms with E-state index in [0.29, 0.717) is 11.8 Å². The van der Waals surface area contributed by atoms with Gasteiger partial charge in [0.15, 0.2) is 0 Å². The zero-order chi connectivity index (χ0) is 10.8. The fourth-order valence-electron chi connectivity index (χ4n) is 1.16. The summed E-state index contributed by atoms with van der Waals surface area (Å²) in [4.78, 5) is 0. The minimum Gasteiger partial charge on any atom is -0.0953 e. The first-order valence-corrected chi connectivity index (χ1v) is 5.06. The monoisotopic (exact) mass is 180 g/mol. The standard InChI is InChI=1S/C13H24/c1-9(2)10(3)11(4)12(5)13(6,7)8/h9-10H,4-5H2,1-3,6-8H3. The van der Waals surface area contributed by atoms with Crippen molar-refractivity contribution in [1.29, 1.82) is 0 Å². The molecule has 0 aliphatic rings. The number of hydrogen-bond donors (Lipinski definition) is 0. The van der Waals surface area contributed by atoms with Gasteiger partial charge in [-0.05, 0) is 28.4 Å². The van der Waals surface area contributed by atoms with Gasteiger partial charge in [-0.15, -0.1) is 0 Å². The lowest BCUT2D eigenvalue weighted by atomic mass is 9.77. The molecule has 0 bridgehead atoms. The average molecular weight is 180 g/mol. The van der Waals surface area contributed by atoms with E-state index in [0.717, 1.165) is 0 Å². The Balaban J connectivity index is 4.54. The molecular weight excluding hydrogens is 156 g/mol. The summed E-state index contributed by atoms with van der Waals surface area (Å²) in [7, 11) is 0. The predicted molar refractivity (Wildman–Crippen MR) is 61.7 cm³/mol. The largest absolute Gasteiger partial charge is 0.0953 e. The van der Waals surface area contributed by atoms with Crippen molar-refractivity contribution in [3.8, 4) is 0 Å². The highest BCUT2D eigenvalue weighted by Gasteiger charge is 2.21. The molecule has 0 rings (SSSR count). The van der Waals surface area contributed by atoms with Crippen LogP contribution in [0.15, 0.2) is 24.3 Å². The highest BCUT2D eigenvalue weighted by Crippen LogP contribution is 2.34. The van der Waals surface area contributed by atoms with Gasteiger partial charge in [0, 0.05) is 0 Å². The Hall–Kier alpha value is -0.520. The Morgan fingerprint density at radius 1 is 1.00 bits per heavy atom. The molecule has 0 aliphatic heterocycles. The third-order valence-corrected chi connectivity index (χ3v) is 2.84. The molecule has 0 amide bonds. The number of hydrogen-bond acceptors (Lipinski definition) is 0. The minimum absolute atomic E-state index is 0.153. The van der Waals surface area contributed by atoms with Crippen LogP contribution in [0.1, 0.15) is 41.5 Å². The molecule has 0 radical (unpaired) electrons. The second-order valence-electron chi connectivity index (χ2n) is 5.29. The van der Waals surface area contributed by atoms with Gasteiger partial charge < -0.3 is 0 Å². The predicted octanol–water partition coefficient (Wildman–Crippen LogP) is 4.44. The van der Waals surface area contributed by atoms with Crippen LogP contribution in [-0.2, 0) is 0 Å². The summed E-state index contributed by atoms with van der Waals surface area (Å²) >= 11 is 0. The van der Waals surface area contributed by atoms with Gasteiger partial charge in [-0.2, -0.15) is 0 Å². The van der Waals surface area contributed by atoms with E-state index in [9.17, 15) is 0 Å². The molecule has 0 aromatic carbocycles. The van der Waals surface area contributed by atoms with Crippen LogP contribution in [0.3, 0.4) is 0 Å². The summed E-state index contributed by atoms with van der Waals surface area (Å²) < 4.78 is 0. The molecule has 0 spiro atoms. The fraction of sp³-hybridized carbons (Fsp3) is 0.692. The van der Waals surface area contributed by atoms with Crippen LogP contribution in [0, 0.1) is 17.3 Å². The first-order valence-electron chi connectivity index (χ1n) is 5.06. The molecule has 76 valence electrons. The van der Waals surface area contributed by atoms with E-state index in [1.165, 1.54) is 11.1 Å². The fourth-order valence-corrected chi connectivity index (χ4v) is 1.16. The highest BCUT2D eigenvalue weighted by atomic mass is 14.3. The molecule has 0 aliphatic carbocycles.